The van der Waals surface area contributed by atoms with Gasteiger partial charge in [0.1, 0.15) is 12.2 Å². The first-order valence-corrected chi connectivity index (χ1v) is 21.0. The zero-order valence-corrected chi connectivity index (χ0v) is 31.4. The number of epoxide rings is 2. The average molecular weight is 635 g/mol. The Morgan fingerprint density at radius 2 is 0.578 bits per heavy atom. The molecule has 45 heavy (non-hydrogen) atoms. The molecule has 0 amide bonds. The van der Waals surface area contributed by atoms with Crippen molar-refractivity contribution in [1.82, 2.24) is 0 Å². The molecule has 3 heteroatoms. The lowest BCUT2D eigenvalue weighted by molar-refractivity contribution is -0.167. The molecule has 2 saturated heterocycles. The standard InChI is InChI=1S/C42H82O3/c1-5-7-9-11-13-15-17-19-21-23-25-27-29-31-33-35-41(3,39-37-43-39)45-42(4,40-38-44-40)36-34-32-30-28-26-24-22-20-18-16-14-12-10-8-6-2/h39-40H,5-38H2,1-4H3. The van der Waals surface area contributed by atoms with Crippen LogP contribution >= 0.6 is 0 Å². The molecule has 4 atom stereocenters. The van der Waals surface area contributed by atoms with Gasteiger partial charge in [0.25, 0.3) is 0 Å². The molecule has 2 fully saturated rings. The summed E-state index contributed by atoms with van der Waals surface area (Å²) in [6.07, 6.45) is 45.2. The minimum absolute atomic E-state index is 0.160. The van der Waals surface area contributed by atoms with E-state index in [1.165, 1.54) is 193 Å². The predicted octanol–water partition coefficient (Wildman–Crippen LogP) is 13.8. The molecule has 2 aliphatic heterocycles. The van der Waals surface area contributed by atoms with E-state index in [0.29, 0.717) is 0 Å². The fourth-order valence-corrected chi connectivity index (χ4v) is 7.58. The molecule has 0 aromatic carbocycles. The Balaban J connectivity index is 1.47. The van der Waals surface area contributed by atoms with Crippen molar-refractivity contribution in [2.24, 2.45) is 0 Å². The molecule has 2 heterocycles. The minimum atomic E-state index is -0.160. The summed E-state index contributed by atoms with van der Waals surface area (Å²) in [6, 6.07) is 0. The zero-order chi connectivity index (χ0) is 32.3. The van der Waals surface area contributed by atoms with Crippen LogP contribution in [-0.2, 0) is 14.2 Å². The van der Waals surface area contributed by atoms with Crippen molar-refractivity contribution in [3.8, 4) is 0 Å². The van der Waals surface area contributed by atoms with Crippen LogP contribution in [0.1, 0.15) is 233 Å². The van der Waals surface area contributed by atoms with Gasteiger partial charge in [-0.1, -0.05) is 206 Å². The second kappa shape index (κ2) is 26.8. The third kappa shape index (κ3) is 21.5. The summed E-state index contributed by atoms with van der Waals surface area (Å²) in [5, 5.41) is 0. The average Bonchev–Trinajstić information content (AvgIpc) is 3.94. The SMILES string of the molecule is CCCCCCCCCCCCCCCCCC(C)(OC(C)(CCCCCCCCCCCCCCCCC)C1CO1)C1CO1. The van der Waals surface area contributed by atoms with E-state index in [1.54, 1.807) is 0 Å². The monoisotopic (exact) mass is 635 g/mol. The highest BCUT2D eigenvalue weighted by atomic mass is 16.6. The van der Waals surface area contributed by atoms with Crippen molar-refractivity contribution in [1.29, 1.82) is 0 Å². The predicted molar refractivity (Wildman–Crippen MR) is 196 cm³/mol. The molecule has 2 aliphatic rings. The van der Waals surface area contributed by atoms with E-state index in [-0.39, 0.29) is 23.4 Å². The van der Waals surface area contributed by atoms with E-state index in [0.717, 1.165) is 26.1 Å². The largest absolute Gasteiger partial charge is 0.370 e. The topological polar surface area (TPSA) is 34.3 Å². The van der Waals surface area contributed by atoms with Crippen molar-refractivity contribution in [3.63, 3.8) is 0 Å². The van der Waals surface area contributed by atoms with Crippen LogP contribution in [0.5, 0.6) is 0 Å². The lowest BCUT2D eigenvalue weighted by Crippen LogP contribution is -2.48. The van der Waals surface area contributed by atoms with Crippen LogP contribution in [0.3, 0.4) is 0 Å². The van der Waals surface area contributed by atoms with Gasteiger partial charge in [0.05, 0.1) is 24.4 Å². The summed E-state index contributed by atoms with van der Waals surface area (Å²) in [6.45, 7) is 11.0. The first kappa shape index (κ1) is 41.1. The Morgan fingerprint density at radius 1 is 0.378 bits per heavy atom. The molecular weight excluding hydrogens is 552 g/mol. The smallest absolute Gasteiger partial charge is 0.110 e. The second-order valence-electron chi connectivity index (χ2n) is 15.8. The Morgan fingerprint density at radius 3 is 0.778 bits per heavy atom. The molecule has 0 saturated carbocycles. The molecule has 0 radical (unpaired) electrons. The molecule has 2 rings (SSSR count). The van der Waals surface area contributed by atoms with Crippen LogP contribution < -0.4 is 0 Å². The van der Waals surface area contributed by atoms with Crippen LogP contribution in [-0.4, -0.2) is 36.6 Å². The van der Waals surface area contributed by atoms with Gasteiger partial charge in [-0.15, -0.1) is 0 Å². The summed E-state index contributed by atoms with van der Waals surface area (Å²) >= 11 is 0. The highest BCUT2D eigenvalue weighted by molar-refractivity contribution is 5.00. The molecule has 3 nitrogen and oxygen atoms in total. The third-order valence-corrected chi connectivity index (χ3v) is 11.0. The zero-order valence-electron chi connectivity index (χ0n) is 31.4. The fraction of sp³-hybridized carbons (Fsp3) is 1.00. The minimum Gasteiger partial charge on any atom is -0.370 e. The third-order valence-electron chi connectivity index (χ3n) is 11.0. The van der Waals surface area contributed by atoms with Crippen LogP contribution in [0.15, 0.2) is 0 Å². The van der Waals surface area contributed by atoms with Crippen molar-refractivity contribution in [2.75, 3.05) is 13.2 Å². The van der Waals surface area contributed by atoms with E-state index < -0.39 is 0 Å². The number of unbranched alkanes of at least 4 members (excludes halogenated alkanes) is 28. The molecule has 0 N–H and O–H groups in total. The van der Waals surface area contributed by atoms with Crippen LogP contribution in [0.2, 0.25) is 0 Å². The Bertz CT molecular complexity index is 590. The highest BCUT2D eigenvalue weighted by Crippen LogP contribution is 2.42. The normalized spacial score (nSPS) is 20.3. The van der Waals surface area contributed by atoms with Gasteiger partial charge in [-0.2, -0.15) is 0 Å². The van der Waals surface area contributed by atoms with Crippen molar-refractivity contribution in [2.45, 2.75) is 257 Å². The second-order valence-corrected chi connectivity index (χ2v) is 15.8. The number of rotatable bonds is 36. The van der Waals surface area contributed by atoms with E-state index in [2.05, 4.69) is 27.7 Å². The van der Waals surface area contributed by atoms with Gasteiger partial charge in [0.15, 0.2) is 0 Å². The van der Waals surface area contributed by atoms with Crippen molar-refractivity contribution >= 4 is 0 Å². The van der Waals surface area contributed by atoms with Crippen molar-refractivity contribution < 1.29 is 14.2 Å². The van der Waals surface area contributed by atoms with Gasteiger partial charge >= 0.3 is 0 Å². The summed E-state index contributed by atoms with van der Waals surface area (Å²) < 4.78 is 18.8. The quantitative estimate of drug-likeness (QED) is 0.0508. The Labute approximate surface area is 283 Å². The van der Waals surface area contributed by atoms with Gasteiger partial charge < -0.3 is 14.2 Å². The molecule has 0 bridgehead atoms. The maximum Gasteiger partial charge on any atom is 0.110 e. The summed E-state index contributed by atoms with van der Waals surface area (Å²) in [5.74, 6) is 0. The van der Waals surface area contributed by atoms with Gasteiger partial charge in [-0.05, 0) is 26.7 Å². The van der Waals surface area contributed by atoms with Crippen molar-refractivity contribution in [3.05, 3.63) is 0 Å². The summed E-state index contributed by atoms with van der Waals surface area (Å²) in [4.78, 5) is 0. The molecular formula is C42H82O3. The highest BCUT2D eigenvalue weighted by Gasteiger charge is 2.52. The molecule has 268 valence electrons. The molecule has 0 aliphatic carbocycles. The van der Waals surface area contributed by atoms with Gasteiger partial charge in [0.2, 0.25) is 0 Å². The van der Waals surface area contributed by atoms with Gasteiger partial charge in [0, 0.05) is 0 Å². The first-order valence-electron chi connectivity index (χ1n) is 21.0. The lowest BCUT2D eigenvalue weighted by Gasteiger charge is -2.39. The summed E-state index contributed by atoms with van der Waals surface area (Å²) in [5.41, 5.74) is -0.320. The van der Waals surface area contributed by atoms with Gasteiger partial charge in [-0.3, -0.25) is 0 Å². The fourth-order valence-electron chi connectivity index (χ4n) is 7.58. The van der Waals surface area contributed by atoms with Gasteiger partial charge in [-0.25, -0.2) is 0 Å². The molecule has 0 spiro atoms. The van der Waals surface area contributed by atoms with E-state index in [4.69, 9.17) is 14.2 Å². The molecule has 4 unspecified atom stereocenters. The van der Waals surface area contributed by atoms with E-state index in [1.807, 2.05) is 0 Å². The lowest BCUT2D eigenvalue weighted by atomic mass is 9.89. The van der Waals surface area contributed by atoms with E-state index >= 15 is 0 Å². The van der Waals surface area contributed by atoms with Crippen LogP contribution in [0.4, 0.5) is 0 Å². The maximum absolute atomic E-state index is 7.06. The first-order chi connectivity index (χ1) is 22.0. The number of hydrogen-bond donors (Lipinski definition) is 0. The Kier molecular flexibility index (Phi) is 24.4. The summed E-state index contributed by atoms with van der Waals surface area (Å²) in [7, 11) is 0. The van der Waals surface area contributed by atoms with E-state index in [9.17, 15) is 0 Å². The number of ether oxygens (including phenoxy) is 3. The van der Waals surface area contributed by atoms with Crippen LogP contribution in [0, 0.1) is 0 Å². The van der Waals surface area contributed by atoms with Crippen LogP contribution in [0.25, 0.3) is 0 Å². The molecule has 0 aromatic heterocycles. The number of hydrogen-bond acceptors (Lipinski definition) is 3. The molecule has 0 aromatic rings. The Hall–Kier alpha value is -0.120. The maximum atomic E-state index is 7.06.